The Hall–Kier alpha value is -1.18. The minimum absolute atomic E-state index is 0.0417. The summed E-state index contributed by atoms with van der Waals surface area (Å²) in [6, 6.07) is 4.20. The van der Waals surface area contributed by atoms with E-state index in [1.807, 2.05) is 0 Å². The molecule has 1 rings (SSSR count). The van der Waals surface area contributed by atoms with Gasteiger partial charge in [-0.25, -0.2) is 0 Å². The smallest absolute Gasteiger partial charge is 0.0882 e. The van der Waals surface area contributed by atoms with Gasteiger partial charge in [0.2, 0.25) is 0 Å². The van der Waals surface area contributed by atoms with Gasteiger partial charge >= 0.3 is 0 Å². The summed E-state index contributed by atoms with van der Waals surface area (Å²) in [7, 11) is 0. The molecule has 0 aromatic heterocycles. The average Bonchev–Trinajstić information content (AvgIpc) is 1.59. The maximum Gasteiger partial charge on any atom is 0.0882 e. The van der Waals surface area contributed by atoms with E-state index in [0.717, 1.165) is 0 Å². The van der Waals surface area contributed by atoms with Crippen LogP contribution in [0.1, 0.15) is 5.56 Å². The van der Waals surface area contributed by atoms with Crippen LogP contribution in [0, 0.1) is 6.92 Å². The van der Waals surface area contributed by atoms with Gasteiger partial charge in [-0.1, -0.05) is 0 Å². The fourth-order valence-electron chi connectivity index (χ4n) is 0.656. The van der Waals surface area contributed by atoms with Gasteiger partial charge in [-0.05, 0) is 30.7 Å². The normalized spacial score (nSPS) is 9.44. The van der Waals surface area contributed by atoms with E-state index in [0.29, 0.717) is 5.56 Å². The SMILES string of the molecule is [CH2]c1cc([N])cc([N])c1. The second-order valence-electron chi connectivity index (χ2n) is 1.86. The number of nitrogens with zero attached hydrogens (tertiary/aromatic N) is 2. The highest BCUT2D eigenvalue weighted by atomic mass is 14.6. The molecular formula is C7H5N2. The van der Waals surface area contributed by atoms with Crippen molar-refractivity contribution < 1.29 is 0 Å². The van der Waals surface area contributed by atoms with Crippen LogP contribution in [0.25, 0.3) is 0 Å². The van der Waals surface area contributed by atoms with Crippen LogP contribution in [0.3, 0.4) is 0 Å². The van der Waals surface area contributed by atoms with E-state index in [1.54, 1.807) is 0 Å². The van der Waals surface area contributed by atoms with Gasteiger partial charge in [0.05, 0.1) is 11.4 Å². The molecule has 2 nitrogen and oxygen atoms in total. The van der Waals surface area contributed by atoms with Crippen molar-refractivity contribution in [3.63, 3.8) is 0 Å². The third kappa shape index (κ3) is 1.35. The first-order valence-electron chi connectivity index (χ1n) is 2.53. The van der Waals surface area contributed by atoms with Gasteiger partial charge < -0.3 is 0 Å². The second kappa shape index (κ2) is 1.97. The summed E-state index contributed by atoms with van der Waals surface area (Å²) in [6.07, 6.45) is 0. The quantitative estimate of drug-likeness (QED) is 0.491. The molecule has 0 saturated heterocycles. The number of hydrogen-bond donors (Lipinski definition) is 0. The van der Waals surface area contributed by atoms with Crippen molar-refractivity contribution in [2.24, 2.45) is 0 Å². The molecule has 0 heterocycles. The molecule has 0 bridgehead atoms. The zero-order chi connectivity index (χ0) is 6.85. The summed E-state index contributed by atoms with van der Waals surface area (Å²) < 4.78 is 0. The zero-order valence-electron chi connectivity index (χ0n) is 4.83. The highest BCUT2D eigenvalue weighted by molar-refractivity contribution is 5.51. The number of rotatable bonds is 0. The van der Waals surface area contributed by atoms with E-state index >= 15 is 0 Å². The van der Waals surface area contributed by atoms with Gasteiger partial charge in [0.15, 0.2) is 0 Å². The van der Waals surface area contributed by atoms with Gasteiger partial charge in [0, 0.05) is 0 Å². The topological polar surface area (TPSA) is 44.6 Å². The van der Waals surface area contributed by atoms with Gasteiger partial charge in [-0.2, -0.15) is 11.5 Å². The lowest BCUT2D eigenvalue weighted by Gasteiger charge is -1.92. The second-order valence-corrected chi connectivity index (χ2v) is 1.86. The molecule has 0 atom stereocenters. The Balaban J connectivity index is 3.17. The first-order valence-corrected chi connectivity index (χ1v) is 2.53. The summed E-state index contributed by atoms with van der Waals surface area (Å²) in [6.45, 7) is 3.52. The highest BCUT2D eigenvalue weighted by Crippen LogP contribution is 2.14. The van der Waals surface area contributed by atoms with E-state index < -0.39 is 0 Å². The predicted molar refractivity (Wildman–Crippen MR) is 34.5 cm³/mol. The van der Waals surface area contributed by atoms with Crippen molar-refractivity contribution in [3.05, 3.63) is 30.7 Å². The fraction of sp³-hybridized carbons (Fsp3) is 0. The van der Waals surface area contributed by atoms with Gasteiger partial charge in [0.1, 0.15) is 0 Å². The van der Waals surface area contributed by atoms with Crippen molar-refractivity contribution in [3.8, 4) is 0 Å². The largest absolute Gasteiger partial charge is 0.150 e. The summed E-state index contributed by atoms with van der Waals surface area (Å²) in [5.41, 5.74) is 18.3. The summed E-state index contributed by atoms with van der Waals surface area (Å²) in [5, 5.41) is 0. The standard InChI is InChI=1S/C7H5N2/c1-5-2-6(8)4-7(9)3-5/h2-4H,1H2. The fourth-order valence-corrected chi connectivity index (χ4v) is 0.656. The Morgan fingerprint density at radius 3 is 1.78 bits per heavy atom. The van der Waals surface area contributed by atoms with Crippen molar-refractivity contribution >= 4 is 11.4 Å². The minimum atomic E-state index is 0.0417. The van der Waals surface area contributed by atoms with Crippen LogP contribution in [-0.4, -0.2) is 0 Å². The molecule has 0 saturated carbocycles. The zero-order valence-corrected chi connectivity index (χ0v) is 4.83. The van der Waals surface area contributed by atoms with E-state index in [4.69, 9.17) is 11.5 Å². The predicted octanol–water partition coefficient (Wildman–Crippen LogP) is 1.27. The Bertz CT molecular complexity index is 168. The average molecular weight is 117 g/mol. The molecule has 0 aliphatic heterocycles. The lowest BCUT2D eigenvalue weighted by Crippen LogP contribution is -1.75. The molecule has 9 heavy (non-hydrogen) atoms. The monoisotopic (exact) mass is 117 g/mol. The lowest BCUT2D eigenvalue weighted by molar-refractivity contribution is 1.41. The molecule has 1 aromatic rings. The van der Waals surface area contributed by atoms with Crippen molar-refractivity contribution in [1.29, 1.82) is 0 Å². The maximum absolute atomic E-state index is 8.79. The van der Waals surface area contributed by atoms with E-state index in [-0.39, 0.29) is 11.4 Å². The summed E-state index contributed by atoms with van der Waals surface area (Å²) in [5.74, 6) is 0. The molecule has 1 aromatic carbocycles. The van der Waals surface area contributed by atoms with Gasteiger partial charge in [0.25, 0.3) is 0 Å². The van der Waals surface area contributed by atoms with Crippen molar-refractivity contribution in [2.75, 3.05) is 0 Å². The molecular weight excluding hydrogens is 112 g/mol. The Morgan fingerprint density at radius 1 is 1.00 bits per heavy atom. The molecule has 0 N–H and O–H groups in total. The Morgan fingerprint density at radius 2 is 1.44 bits per heavy atom. The van der Waals surface area contributed by atoms with Crippen LogP contribution >= 0.6 is 0 Å². The van der Waals surface area contributed by atoms with E-state index in [2.05, 4.69) is 6.92 Å². The first-order chi connectivity index (χ1) is 4.18. The molecule has 2 heteroatoms. The van der Waals surface area contributed by atoms with Crippen LogP contribution in [0.5, 0.6) is 0 Å². The molecule has 0 unspecified atom stereocenters. The molecule has 0 aliphatic rings. The van der Waals surface area contributed by atoms with Crippen LogP contribution < -0.4 is 11.5 Å². The first kappa shape index (κ1) is 5.95. The number of hydrogen-bond acceptors (Lipinski definition) is 0. The van der Waals surface area contributed by atoms with Crippen LogP contribution in [0.4, 0.5) is 11.4 Å². The van der Waals surface area contributed by atoms with Crippen molar-refractivity contribution in [1.82, 2.24) is 11.5 Å². The molecule has 0 aliphatic carbocycles. The van der Waals surface area contributed by atoms with E-state index in [1.165, 1.54) is 18.2 Å². The number of benzene rings is 1. The Kier molecular flexibility index (Phi) is 1.30. The maximum atomic E-state index is 8.79. The molecule has 43 valence electrons. The van der Waals surface area contributed by atoms with Crippen molar-refractivity contribution in [2.45, 2.75) is 0 Å². The van der Waals surface area contributed by atoms with Crippen LogP contribution in [0.15, 0.2) is 18.2 Å². The lowest BCUT2D eigenvalue weighted by atomic mass is 10.2. The van der Waals surface area contributed by atoms with Crippen LogP contribution in [-0.2, 0) is 0 Å². The summed E-state index contributed by atoms with van der Waals surface area (Å²) >= 11 is 0. The Labute approximate surface area is 54.5 Å². The third-order valence-electron chi connectivity index (χ3n) is 0.962. The van der Waals surface area contributed by atoms with Gasteiger partial charge in [-0.15, -0.1) is 0 Å². The molecule has 5 radical (unpaired) electrons. The molecule has 0 amide bonds. The molecule has 0 fully saturated rings. The minimum Gasteiger partial charge on any atom is -0.150 e. The summed E-state index contributed by atoms with van der Waals surface area (Å²) in [4.78, 5) is 0. The highest BCUT2D eigenvalue weighted by Gasteiger charge is 1.92. The molecule has 0 spiro atoms. The van der Waals surface area contributed by atoms with E-state index in [9.17, 15) is 0 Å². The van der Waals surface area contributed by atoms with Gasteiger partial charge in [-0.3, -0.25) is 0 Å². The third-order valence-corrected chi connectivity index (χ3v) is 0.962. The van der Waals surface area contributed by atoms with Crippen LogP contribution in [0.2, 0.25) is 0 Å².